The van der Waals surface area contributed by atoms with Crippen LogP contribution in [-0.4, -0.2) is 5.78 Å². The molecule has 2 nitrogen and oxygen atoms in total. The van der Waals surface area contributed by atoms with Gasteiger partial charge < -0.3 is 0 Å². The van der Waals surface area contributed by atoms with Crippen molar-refractivity contribution in [2.45, 2.75) is 19.3 Å². The number of ketones is 1. The van der Waals surface area contributed by atoms with Gasteiger partial charge in [0.2, 0.25) is 0 Å². The fraction of sp³-hybridized carbons (Fsp3) is 0.273. The van der Waals surface area contributed by atoms with Crippen molar-refractivity contribution < 1.29 is 4.79 Å². The molecule has 4 heteroatoms. The Morgan fingerprint density at radius 2 is 2.13 bits per heavy atom. The van der Waals surface area contributed by atoms with Crippen LogP contribution < -0.4 is 0 Å². The largest absolute Gasteiger partial charge is 0.300 e. The highest BCUT2D eigenvalue weighted by atomic mass is 79.9. The zero-order valence-corrected chi connectivity index (χ0v) is 11.3. The summed E-state index contributed by atoms with van der Waals surface area (Å²) in [6, 6.07) is 7.72. The monoisotopic (exact) mass is 329 g/mol. The van der Waals surface area contributed by atoms with E-state index >= 15 is 0 Å². The summed E-state index contributed by atoms with van der Waals surface area (Å²) in [7, 11) is 0. The van der Waals surface area contributed by atoms with E-state index in [1.54, 1.807) is 0 Å². The van der Waals surface area contributed by atoms with Crippen LogP contribution in [0.2, 0.25) is 0 Å². The number of benzene rings is 1. The SMILES string of the molecule is CC(=O)CC(C#N)c1ccc(Br)c(Br)c1. The smallest absolute Gasteiger partial charge is 0.131 e. The van der Waals surface area contributed by atoms with Gasteiger partial charge in [-0.05, 0) is 56.5 Å². The Kier molecular flexibility index (Phi) is 4.49. The molecule has 1 unspecified atom stereocenters. The van der Waals surface area contributed by atoms with Gasteiger partial charge in [-0.3, -0.25) is 4.79 Å². The molecule has 1 aromatic carbocycles. The summed E-state index contributed by atoms with van der Waals surface area (Å²) in [6.45, 7) is 1.50. The van der Waals surface area contributed by atoms with Gasteiger partial charge in [0.05, 0.1) is 12.0 Å². The van der Waals surface area contributed by atoms with Gasteiger partial charge >= 0.3 is 0 Å². The van der Waals surface area contributed by atoms with Gasteiger partial charge in [-0.15, -0.1) is 0 Å². The zero-order valence-electron chi connectivity index (χ0n) is 8.13. The molecular weight excluding hydrogens is 322 g/mol. The minimum Gasteiger partial charge on any atom is -0.300 e. The van der Waals surface area contributed by atoms with Gasteiger partial charge in [0.1, 0.15) is 5.78 Å². The summed E-state index contributed by atoms with van der Waals surface area (Å²) in [5.41, 5.74) is 0.864. The summed E-state index contributed by atoms with van der Waals surface area (Å²) in [5, 5.41) is 8.96. The molecular formula is C11H9Br2NO. The quantitative estimate of drug-likeness (QED) is 0.845. The fourth-order valence-corrected chi connectivity index (χ4v) is 1.90. The molecule has 0 aliphatic carbocycles. The number of nitrogens with zero attached hydrogens (tertiary/aromatic N) is 1. The van der Waals surface area contributed by atoms with Gasteiger partial charge in [0.25, 0.3) is 0 Å². The normalized spacial score (nSPS) is 11.9. The molecule has 1 atom stereocenters. The first-order valence-corrected chi connectivity index (χ1v) is 5.97. The molecule has 78 valence electrons. The highest BCUT2D eigenvalue weighted by molar-refractivity contribution is 9.13. The van der Waals surface area contributed by atoms with Gasteiger partial charge in [-0.2, -0.15) is 5.26 Å². The lowest BCUT2D eigenvalue weighted by Gasteiger charge is -2.08. The van der Waals surface area contributed by atoms with Crippen LogP contribution in [0.3, 0.4) is 0 Å². The lowest BCUT2D eigenvalue weighted by atomic mass is 9.96. The number of carbonyl (C=O) groups is 1. The Morgan fingerprint density at radius 3 is 2.60 bits per heavy atom. The fourth-order valence-electron chi connectivity index (χ4n) is 1.25. The first-order valence-electron chi connectivity index (χ1n) is 4.38. The van der Waals surface area contributed by atoms with Crippen LogP contribution in [0.25, 0.3) is 0 Å². The molecule has 0 saturated carbocycles. The molecule has 0 aromatic heterocycles. The van der Waals surface area contributed by atoms with Crippen molar-refractivity contribution in [3.8, 4) is 6.07 Å². The molecule has 0 spiro atoms. The maximum Gasteiger partial charge on any atom is 0.131 e. The lowest BCUT2D eigenvalue weighted by molar-refractivity contribution is -0.117. The summed E-state index contributed by atoms with van der Waals surface area (Å²) in [4.78, 5) is 11.0. The molecule has 0 N–H and O–H groups in total. The molecule has 1 aromatic rings. The van der Waals surface area contributed by atoms with E-state index < -0.39 is 0 Å². The van der Waals surface area contributed by atoms with Crippen LogP contribution in [0.15, 0.2) is 27.1 Å². The van der Waals surface area contributed by atoms with Crippen molar-refractivity contribution in [2.75, 3.05) is 0 Å². The predicted octanol–water partition coefficient (Wildman–Crippen LogP) is 3.80. The molecule has 0 fully saturated rings. The van der Waals surface area contributed by atoms with E-state index in [4.69, 9.17) is 5.26 Å². The highest BCUT2D eigenvalue weighted by Crippen LogP contribution is 2.28. The Balaban J connectivity index is 2.98. The van der Waals surface area contributed by atoms with E-state index in [0.717, 1.165) is 14.5 Å². The number of halogens is 2. The second-order valence-corrected chi connectivity index (χ2v) is 4.97. The molecule has 0 radical (unpaired) electrons. The second-order valence-electron chi connectivity index (χ2n) is 3.26. The molecule has 0 aliphatic rings. The van der Waals surface area contributed by atoms with E-state index in [1.165, 1.54) is 6.92 Å². The van der Waals surface area contributed by atoms with Crippen LogP contribution >= 0.6 is 31.9 Å². The van der Waals surface area contributed by atoms with E-state index in [9.17, 15) is 4.79 Å². The number of nitriles is 1. The summed E-state index contributed by atoms with van der Waals surface area (Å²) < 4.78 is 1.83. The number of Topliss-reactive ketones (excluding diaryl/α,β-unsaturated/α-hetero) is 1. The molecule has 0 aliphatic heterocycles. The first-order chi connectivity index (χ1) is 7.04. The number of hydrogen-bond donors (Lipinski definition) is 0. The Labute approximate surface area is 106 Å². The summed E-state index contributed by atoms with van der Waals surface area (Å²) >= 11 is 6.72. The standard InChI is InChI=1S/C11H9Br2NO/c1-7(15)4-9(6-14)8-2-3-10(12)11(13)5-8/h2-3,5,9H,4H2,1H3. The van der Waals surface area contributed by atoms with E-state index in [0.29, 0.717) is 0 Å². The minimum absolute atomic E-state index is 0.0283. The van der Waals surface area contributed by atoms with Crippen molar-refractivity contribution in [3.05, 3.63) is 32.7 Å². The topological polar surface area (TPSA) is 40.9 Å². The van der Waals surface area contributed by atoms with Gasteiger partial charge in [0.15, 0.2) is 0 Å². The third-order valence-corrected chi connectivity index (χ3v) is 3.87. The van der Waals surface area contributed by atoms with Crippen LogP contribution in [0.1, 0.15) is 24.8 Å². The van der Waals surface area contributed by atoms with Gasteiger partial charge in [0, 0.05) is 15.4 Å². The molecule has 0 heterocycles. The van der Waals surface area contributed by atoms with E-state index in [1.807, 2.05) is 18.2 Å². The Morgan fingerprint density at radius 1 is 1.47 bits per heavy atom. The number of hydrogen-bond acceptors (Lipinski definition) is 2. The Hall–Kier alpha value is -0.660. The van der Waals surface area contributed by atoms with Gasteiger partial charge in [-0.1, -0.05) is 6.07 Å². The van der Waals surface area contributed by atoms with Crippen molar-refractivity contribution >= 4 is 37.6 Å². The molecule has 0 amide bonds. The molecule has 1 rings (SSSR count). The third kappa shape index (κ3) is 3.44. The van der Waals surface area contributed by atoms with Crippen LogP contribution in [0.5, 0.6) is 0 Å². The lowest BCUT2D eigenvalue weighted by Crippen LogP contribution is -2.02. The van der Waals surface area contributed by atoms with Crippen LogP contribution in [0, 0.1) is 11.3 Å². The Bertz CT molecular complexity index is 423. The third-order valence-electron chi connectivity index (χ3n) is 1.99. The summed E-state index contributed by atoms with van der Waals surface area (Å²) in [6.07, 6.45) is 0.268. The average Bonchev–Trinajstić information content (AvgIpc) is 2.18. The van der Waals surface area contributed by atoms with Crippen molar-refractivity contribution in [1.82, 2.24) is 0 Å². The van der Waals surface area contributed by atoms with Gasteiger partial charge in [-0.25, -0.2) is 0 Å². The maximum atomic E-state index is 11.0. The number of rotatable bonds is 3. The molecule has 15 heavy (non-hydrogen) atoms. The average molecular weight is 331 g/mol. The second kappa shape index (κ2) is 5.43. The number of carbonyl (C=O) groups excluding carboxylic acids is 1. The minimum atomic E-state index is -0.355. The van der Waals surface area contributed by atoms with Crippen molar-refractivity contribution in [3.63, 3.8) is 0 Å². The van der Waals surface area contributed by atoms with Crippen LogP contribution in [-0.2, 0) is 4.79 Å². The molecule has 0 saturated heterocycles. The highest BCUT2D eigenvalue weighted by Gasteiger charge is 2.13. The molecule has 0 bridgehead atoms. The maximum absolute atomic E-state index is 11.0. The van der Waals surface area contributed by atoms with Crippen molar-refractivity contribution in [1.29, 1.82) is 5.26 Å². The summed E-state index contributed by atoms with van der Waals surface area (Å²) in [5.74, 6) is -0.326. The zero-order chi connectivity index (χ0) is 11.4. The van der Waals surface area contributed by atoms with E-state index in [2.05, 4.69) is 37.9 Å². The predicted molar refractivity (Wildman–Crippen MR) is 65.5 cm³/mol. The van der Waals surface area contributed by atoms with Crippen LogP contribution in [0.4, 0.5) is 0 Å². The van der Waals surface area contributed by atoms with E-state index in [-0.39, 0.29) is 18.1 Å². The van der Waals surface area contributed by atoms with Crippen molar-refractivity contribution in [2.24, 2.45) is 0 Å². The first kappa shape index (κ1) is 12.4.